The molecule has 13 heavy (non-hydrogen) atoms. The average molecular weight is 177 g/mol. The number of hydrogen-bond donors (Lipinski definition) is 1. The fourth-order valence-electron chi connectivity index (χ4n) is 1.60. The third-order valence-electron chi connectivity index (χ3n) is 2.50. The summed E-state index contributed by atoms with van der Waals surface area (Å²) in [6, 6.07) is 1.91. The molecule has 0 aliphatic heterocycles. The van der Waals surface area contributed by atoms with E-state index in [1.165, 1.54) is 0 Å². The summed E-state index contributed by atoms with van der Waals surface area (Å²) in [5, 5.41) is 0. The lowest BCUT2D eigenvalue weighted by atomic mass is 9.94. The van der Waals surface area contributed by atoms with Crippen molar-refractivity contribution in [1.29, 1.82) is 0 Å². The number of rotatable bonds is 1. The number of nitrogens with two attached hydrogens (primary N) is 1. The molecule has 0 saturated carbocycles. The Bertz CT molecular complexity index is 341. The molecule has 0 atom stereocenters. The van der Waals surface area contributed by atoms with Gasteiger partial charge in [-0.2, -0.15) is 0 Å². The SMILES string of the molecule is CC(=O)c1c(C)c(C)cc(N)c1C. The minimum atomic E-state index is 0.0883. The Kier molecular flexibility index (Phi) is 2.41. The summed E-state index contributed by atoms with van der Waals surface area (Å²) >= 11 is 0. The number of Topliss-reactive ketones (excluding diaryl/α,β-unsaturated/α-hetero) is 1. The standard InChI is InChI=1S/C11H15NO/c1-6-5-10(12)8(3)11(7(6)2)9(4)13/h5H,12H2,1-4H3. The number of ketones is 1. The lowest BCUT2D eigenvalue weighted by Crippen LogP contribution is -2.05. The Hall–Kier alpha value is -1.31. The highest BCUT2D eigenvalue weighted by molar-refractivity contribution is 5.98. The van der Waals surface area contributed by atoms with E-state index in [1.54, 1.807) is 6.92 Å². The monoisotopic (exact) mass is 177 g/mol. The van der Waals surface area contributed by atoms with Crippen LogP contribution in [0.15, 0.2) is 6.07 Å². The van der Waals surface area contributed by atoms with Gasteiger partial charge in [-0.05, 0) is 50.5 Å². The largest absolute Gasteiger partial charge is 0.398 e. The van der Waals surface area contributed by atoms with E-state index in [2.05, 4.69) is 0 Å². The van der Waals surface area contributed by atoms with E-state index in [9.17, 15) is 4.79 Å². The summed E-state index contributed by atoms with van der Waals surface area (Å²) in [7, 11) is 0. The van der Waals surface area contributed by atoms with Gasteiger partial charge in [0.2, 0.25) is 0 Å². The zero-order valence-corrected chi connectivity index (χ0v) is 8.56. The maximum Gasteiger partial charge on any atom is 0.160 e. The van der Waals surface area contributed by atoms with Gasteiger partial charge in [0.1, 0.15) is 0 Å². The molecule has 0 aliphatic carbocycles. The number of nitrogen functional groups attached to an aromatic ring is 1. The molecule has 0 heterocycles. The Balaban J connectivity index is 3.56. The lowest BCUT2D eigenvalue weighted by Gasteiger charge is -2.11. The van der Waals surface area contributed by atoms with Gasteiger partial charge in [-0.25, -0.2) is 0 Å². The maximum atomic E-state index is 11.3. The molecule has 0 fully saturated rings. The van der Waals surface area contributed by atoms with Gasteiger partial charge in [-0.1, -0.05) is 0 Å². The normalized spacial score (nSPS) is 10.2. The van der Waals surface area contributed by atoms with E-state index in [0.29, 0.717) is 5.69 Å². The molecule has 0 unspecified atom stereocenters. The van der Waals surface area contributed by atoms with Gasteiger partial charge in [0.15, 0.2) is 5.78 Å². The number of hydrogen-bond acceptors (Lipinski definition) is 2. The number of aryl methyl sites for hydroxylation is 1. The van der Waals surface area contributed by atoms with Gasteiger partial charge in [0.05, 0.1) is 0 Å². The van der Waals surface area contributed by atoms with Gasteiger partial charge in [-0.15, -0.1) is 0 Å². The van der Waals surface area contributed by atoms with E-state index in [-0.39, 0.29) is 5.78 Å². The van der Waals surface area contributed by atoms with Gasteiger partial charge in [0.25, 0.3) is 0 Å². The van der Waals surface area contributed by atoms with E-state index in [4.69, 9.17) is 5.73 Å². The molecule has 70 valence electrons. The summed E-state index contributed by atoms with van der Waals surface area (Å²) in [6.45, 7) is 7.39. The van der Waals surface area contributed by atoms with Crippen molar-refractivity contribution in [2.45, 2.75) is 27.7 Å². The average Bonchev–Trinajstić information content (AvgIpc) is 2.01. The van der Waals surface area contributed by atoms with E-state index >= 15 is 0 Å². The molecule has 0 aliphatic rings. The fraction of sp³-hybridized carbons (Fsp3) is 0.364. The number of benzene rings is 1. The fourth-order valence-corrected chi connectivity index (χ4v) is 1.60. The van der Waals surface area contributed by atoms with Crippen molar-refractivity contribution in [3.8, 4) is 0 Å². The molecule has 1 aromatic carbocycles. The van der Waals surface area contributed by atoms with Crippen LogP contribution in [0, 0.1) is 20.8 Å². The molecule has 0 amide bonds. The lowest BCUT2D eigenvalue weighted by molar-refractivity contribution is 0.101. The number of anilines is 1. The topological polar surface area (TPSA) is 43.1 Å². The predicted octanol–water partition coefficient (Wildman–Crippen LogP) is 2.40. The van der Waals surface area contributed by atoms with Crippen molar-refractivity contribution in [2.24, 2.45) is 0 Å². The van der Waals surface area contributed by atoms with Crippen LogP contribution >= 0.6 is 0 Å². The van der Waals surface area contributed by atoms with E-state index < -0.39 is 0 Å². The van der Waals surface area contributed by atoms with E-state index in [0.717, 1.165) is 22.3 Å². The van der Waals surface area contributed by atoms with E-state index in [1.807, 2.05) is 26.8 Å². The molecule has 0 radical (unpaired) electrons. The molecular weight excluding hydrogens is 162 g/mol. The Morgan fingerprint density at radius 3 is 2.23 bits per heavy atom. The molecular formula is C11H15NO. The minimum absolute atomic E-state index is 0.0883. The summed E-state index contributed by atoms with van der Waals surface area (Å²) in [5.74, 6) is 0.0883. The summed E-state index contributed by atoms with van der Waals surface area (Å²) in [5.41, 5.74) is 10.3. The van der Waals surface area contributed by atoms with Crippen molar-refractivity contribution < 1.29 is 4.79 Å². The minimum Gasteiger partial charge on any atom is -0.398 e. The Morgan fingerprint density at radius 1 is 1.23 bits per heavy atom. The number of carbonyl (C=O) groups is 1. The third-order valence-corrected chi connectivity index (χ3v) is 2.50. The maximum absolute atomic E-state index is 11.3. The Morgan fingerprint density at radius 2 is 1.77 bits per heavy atom. The van der Waals surface area contributed by atoms with Crippen LogP contribution in [-0.2, 0) is 0 Å². The summed E-state index contributed by atoms with van der Waals surface area (Å²) < 4.78 is 0. The summed E-state index contributed by atoms with van der Waals surface area (Å²) in [6.07, 6.45) is 0. The second-order valence-electron chi connectivity index (χ2n) is 3.46. The van der Waals surface area contributed by atoms with Crippen LogP contribution in [0.4, 0.5) is 5.69 Å². The number of carbonyl (C=O) groups excluding carboxylic acids is 1. The molecule has 2 nitrogen and oxygen atoms in total. The Labute approximate surface area is 78.8 Å². The first-order valence-electron chi connectivity index (χ1n) is 4.32. The first-order valence-corrected chi connectivity index (χ1v) is 4.32. The molecule has 2 heteroatoms. The second kappa shape index (κ2) is 3.21. The van der Waals surface area contributed by atoms with Crippen molar-refractivity contribution in [2.75, 3.05) is 5.73 Å². The van der Waals surface area contributed by atoms with Crippen LogP contribution < -0.4 is 5.73 Å². The zero-order chi connectivity index (χ0) is 10.2. The molecule has 1 aromatic rings. The van der Waals surface area contributed by atoms with Gasteiger partial charge >= 0.3 is 0 Å². The molecule has 0 aromatic heterocycles. The second-order valence-corrected chi connectivity index (χ2v) is 3.46. The molecule has 0 bridgehead atoms. The molecule has 0 spiro atoms. The van der Waals surface area contributed by atoms with Crippen LogP contribution in [0.25, 0.3) is 0 Å². The molecule has 0 saturated heterocycles. The highest BCUT2D eigenvalue weighted by Crippen LogP contribution is 2.23. The van der Waals surface area contributed by atoms with Crippen LogP contribution in [0.5, 0.6) is 0 Å². The van der Waals surface area contributed by atoms with Crippen molar-refractivity contribution in [3.05, 3.63) is 28.3 Å². The van der Waals surface area contributed by atoms with Crippen LogP contribution in [-0.4, -0.2) is 5.78 Å². The highest BCUT2D eigenvalue weighted by atomic mass is 16.1. The van der Waals surface area contributed by atoms with Crippen LogP contribution in [0.1, 0.15) is 34.0 Å². The molecule has 2 N–H and O–H groups in total. The first kappa shape index (κ1) is 9.78. The quantitative estimate of drug-likeness (QED) is 0.528. The first-order chi connectivity index (χ1) is 5.95. The van der Waals surface area contributed by atoms with Crippen molar-refractivity contribution in [1.82, 2.24) is 0 Å². The van der Waals surface area contributed by atoms with Crippen molar-refractivity contribution in [3.63, 3.8) is 0 Å². The smallest absolute Gasteiger partial charge is 0.160 e. The predicted molar refractivity (Wildman–Crippen MR) is 55.1 cm³/mol. The zero-order valence-electron chi connectivity index (χ0n) is 8.56. The highest BCUT2D eigenvalue weighted by Gasteiger charge is 2.11. The van der Waals surface area contributed by atoms with Crippen molar-refractivity contribution >= 4 is 11.5 Å². The summed E-state index contributed by atoms with van der Waals surface area (Å²) in [4.78, 5) is 11.3. The van der Waals surface area contributed by atoms with Gasteiger partial charge in [-0.3, -0.25) is 4.79 Å². The van der Waals surface area contributed by atoms with Crippen LogP contribution in [0.2, 0.25) is 0 Å². The third kappa shape index (κ3) is 1.57. The van der Waals surface area contributed by atoms with Crippen LogP contribution in [0.3, 0.4) is 0 Å². The molecule has 1 rings (SSSR count). The van der Waals surface area contributed by atoms with Gasteiger partial charge < -0.3 is 5.73 Å². The van der Waals surface area contributed by atoms with Gasteiger partial charge in [0, 0.05) is 11.3 Å².